The van der Waals surface area contributed by atoms with Crippen molar-refractivity contribution in [3.8, 4) is 0 Å². The molecule has 0 bridgehead atoms. The number of hydrogen-bond acceptors (Lipinski definition) is 3. The zero-order chi connectivity index (χ0) is 14.0. The molecule has 2 unspecified atom stereocenters. The topological polar surface area (TPSA) is 49.6 Å². The van der Waals surface area contributed by atoms with E-state index in [9.17, 15) is 4.79 Å². The molecule has 0 aromatic heterocycles. The first-order chi connectivity index (χ1) is 9.02. The van der Waals surface area contributed by atoms with E-state index in [1.54, 1.807) is 0 Å². The summed E-state index contributed by atoms with van der Waals surface area (Å²) in [6.45, 7) is 6.36. The van der Waals surface area contributed by atoms with Gasteiger partial charge in [-0.25, -0.2) is 0 Å². The molecule has 0 radical (unpaired) electrons. The summed E-state index contributed by atoms with van der Waals surface area (Å²) in [6, 6.07) is 8.41. The van der Waals surface area contributed by atoms with Crippen LogP contribution in [-0.4, -0.2) is 47.9 Å². The molecule has 1 aromatic carbocycles. The third kappa shape index (κ3) is 2.96. The van der Waals surface area contributed by atoms with E-state index in [0.29, 0.717) is 18.6 Å². The molecule has 1 fully saturated rings. The molecule has 2 N–H and O–H groups in total. The van der Waals surface area contributed by atoms with Gasteiger partial charge in [-0.2, -0.15) is 0 Å². The van der Waals surface area contributed by atoms with Crippen molar-refractivity contribution in [3.63, 3.8) is 0 Å². The van der Waals surface area contributed by atoms with Crippen molar-refractivity contribution in [3.05, 3.63) is 35.4 Å². The number of benzene rings is 1. The third-order valence-electron chi connectivity index (χ3n) is 4.06. The van der Waals surface area contributed by atoms with Crippen LogP contribution in [0.4, 0.5) is 0 Å². The Morgan fingerprint density at radius 1 is 1.32 bits per heavy atom. The number of carbonyl (C=O) groups is 1. The van der Waals surface area contributed by atoms with Gasteiger partial charge in [-0.3, -0.25) is 9.69 Å². The minimum absolute atomic E-state index is 0.113. The molecule has 0 spiro atoms. The summed E-state index contributed by atoms with van der Waals surface area (Å²) in [4.78, 5) is 16.8. The van der Waals surface area contributed by atoms with Crippen LogP contribution in [0.5, 0.6) is 0 Å². The zero-order valence-corrected chi connectivity index (χ0v) is 12.0. The fourth-order valence-corrected chi connectivity index (χ4v) is 2.58. The van der Waals surface area contributed by atoms with Gasteiger partial charge >= 0.3 is 0 Å². The fourth-order valence-electron chi connectivity index (χ4n) is 2.58. The molecule has 104 valence electrons. The number of amides is 1. The van der Waals surface area contributed by atoms with Gasteiger partial charge in [0.1, 0.15) is 0 Å². The van der Waals surface area contributed by atoms with Gasteiger partial charge < -0.3 is 10.6 Å². The van der Waals surface area contributed by atoms with Crippen molar-refractivity contribution in [2.75, 3.05) is 20.1 Å². The largest absolute Gasteiger partial charge is 0.336 e. The second-order valence-corrected chi connectivity index (χ2v) is 5.48. The molecule has 1 amide bonds. The number of nitrogens with zero attached hydrogens (tertiary/aromatic N) is 2. The number of nitrogens with two attached hydrogens (primary N) is 1. The summed E-state index contributed by atoms with van der Waals surface area (Å²) in [7, 11) is 2.12. The second kappa shape index (κ2) is 5.72. The van der Waals surface area contributed by atoms with E-state index >= 15 is 0 Å². The molecule has 1 aliphatic heterocycles. The summed E-state index contributed by atoms with van der Waals surface area (Å²) in [5, 5.41) is 0. The van der Waals surface area contributed by atoms with Crippen LogP contribution in [0, 0.1) is 0 Å². The van der Waals surface area contributed by atoms with Crippen molar-refractivity contribution in [1.29, 1.82) is 0 Å². The molecule has 1 aromatic rings. The first kappa shape index (κ1) is 14.0. The van der Waals surface area contributed by atoms with Crippen molar-refractivity contribution in [2.24, 2.45) is 5.73 Å². The van der Waals surface area contributed by atoms with Crippen LogP contribution in [-0.2, 0) is 6.54 Å². The Bertz CT molecular complexity index is 448. The predicted octanol–water partition coefficient (Wildman–Crippen LogP) is 1.31. The van der Waals surface area contributed by atoms with E-state index in [-0.39, 0.29) is 5.91 Å². The van der Waals surface area contributed by atoms with Crippen molar-refractivity contribution >= 4 is 5.91 Å². The van der Waals surface area contributed by atoms with Crippen molar-refractivity contribution in [2.45, 2.75) is 32.5 Å². The average molecular weight is 261 g/mol. The monoisotopic (exact) mass is 261 g/mol. The molecule has 1 saturated heterocycles. The molecular weight excluding hydrogens is 238 g/mol. The van der Waals surface area contributed by atoms with Gasteiger partial charge in [0, 0.05) is 37.3 Å². The van der Waals surface area contributed by atoms with Gasteiger partial charge in [0.25, 0.3) is 5.91 Å². The molecule has 0 aliphatic carbocycles. The maximum Gasteiger partial charge on any atom is 0.253 e. The van der Waals surface area contributed by atoms with Gasteiger partial charge in [0.05, 0.1) is 0 Å². The molecule has 0 saturated carbocycles. The van der Waals surface area contributed by atoms with Crippen molar-refractivity contribution < 1.29 is 4.79 Å². The Morgan fingerprint density at radius 2 is 1.95 bits per heavy atom. The van der Waals surface area contributed by atoms with Gasteiger partial charge in [-0.1, -0.05) is 12.1 Å². The Morgan fingerprint density at radius 3 is 2.53 bits per heavy atom. The molecule has 4 heteroatoms. The standard InChI is InChI=1S/C15H23N3O/c1-11-9-18(10-12(2)17(11)3)15(19)14-6-4-5-13(7-14)8-16/h4-7,11-12H,8-10,16H2,1-3H3. The summed E-state index contributed by atoms with van der Waals surface area (Å²) in [6.07, 6.45) is 0. The highest BCUT2D eigenvalue weighted by Crippen LogP contribution is 2.16. The molecule has 1 aliphatic rings. The van der Waals surface area contributed by atoms with Crippen LogP contribution >= 0.6 is 0 Å². The molecular formula is C15H23N3O. The lowest BCUT2D eigenvalue weighted by atomic mass is 10.1. The lowest BCUT2D eigenvalue weighted by Gasteiger charge is -2.42. The predicted molar refractivity (Wildman–Crippen MR) is 76.9 cm³/mol. The highest BCUT2D eigenvalue weighted by Gasteiger charge is 2.29. The Balaban J connectivity index is 2.15. The van der Waals surface area contributed by atoms with Gasteiger partial charge in [-0.05, 0) is 38.6 Å². The van der Waals surface area contributed by atoms with E-state index in [1.165, 1.54) is 0 Å². The fraction of sp³-hybridized carbons (Fsp3) is 0.533. The van der Waals surface area contributed by atoms with E-state index in [0.717, 1.165) is 24.2 Å². The maximum absolute atomic E-state index is 12.5. The Labute approximate surface area is 115 Å². The summed E-state index contributed by atoms with van der Waals surface area (Å²) in [5.74, 6) is 0.113. The minimum Gasteiger partial charge on any atom is -0.336 e. The summed E-state index contributed by atoms with van der Waals surface area (Å²) in [5.41, 5.74) is 7.37. The van der Waals surface area contributed by atoms with Crippen LogP contribution in [0.3, 0.4) is 0 Å². The van der Waals surface area contributed by atoms with Crippen LogP contribution in [0.1, 0.15) is 29.8 Å². The number of hydrogen-bond donors (Lipinski definition) is 1. The van der Waals surface area contributed by atoms with Crippen molar-refractivity contribution in [1.82, 2.24) is 9.80 Å². The van der Waals surface area contributed by atoms with E-state index in [2.05, 4.69) is 25.8 Å². The summed E-state index contributed by atoms with van der Waals surface area (Å²) >= 11 is 0. The second-order valence-electron chi connectivity index (χ2n) is 5.48. The average Bonchev–Trinajstić information content (AvgIpc) is 2.43. The van der Waals surface area contributed by atoms with Crippen LogP contribution in [0.25, 0.3) is 0 Å². The van der Waals surface area contributed by atoms with Crippen LogP contribution in [0.15, 0.2) is 24.3 Å². The highest BCUT2D eigenvalue weighted by molar-refractivity contribution is 5.94. The lowest BCUT2D eigenvalue weighted by molar-refractivity contribution is 0.0414. The van der Waals surface area contributed by atoms with E-state index in [4.69, 9.17) is 5.73 Å². The van der Waals surface area contributed by atoms with Gasteiger partial charge in [0.15, 0.2) is 0 Å². The number of piperazine rings is 1. The van der Waals surface area contributed by atoms with Gasteiger partial charge in [0.2, 0.25) is 0 Å². The molecule has 4 nitrogen and oxygen atoms in total. The van der Waals surface area contributed by atoms with Gasteiger partial charge in [-0.15, -0.1) is 0 Å². The van der Waals surface area contributed by atoms with E-state index in [1.807, 2.05) is 29.2 Å². The lowest BCUT2D eigenvalue weighted by Crippen LogP contribution is -2.56. The highest BCUT2D eigenvalue weighted by atomic mass is 16.2. The maximum atomic E-state index is 12.5. The normalized spacial score (nSPS) is 24.5. The first-order valence-electron chi connectivity index (χ1n) is 6.83. The van der Waals surface area contributed by atoms with Crippen LogP contribution in [0.2, 0.25) is 0 Å². The molecule has 2 rings (SSSR count). The minimum atomic E-state index is 0.113. The number of likely N-dealkylation sites (N-methyl/N-ethyl adjacent to an activating group) is 1. The molecule has 19 heavy (non-hydrogen) atoms. The molecule has 1 heterocycles. The zero-order valence-electron chi connectivity index (χ0n) is 12.0. The first-order valence-corrected chi connectivity index (χ1v) is 6.83. The number of carbonyl (C=O) groups excluding carboxylic acids is 1. The Kier molecular flexibility index (Phi) is 4.22. The van der Waals surface area contributed by atoms with E-state index < -0.39 is 0 Å². The summed E-state index contributed by atoms with van der Waals surface area (Å²) < 4.78 is 0. The quantitative estimate of drug-likeness (QED) is 0.873. The van der Waals surface area contributed by atoms with Crippen LogP contribution < -0.4 is 5.73 Å². The Hall–Kier alpha value is -1.39. The SMILES string of the molecule is CC1CN(C(=O)c2cccc(CN)c2)CC(C)N1C. The third-order valence-corrected chi connectivity index (χ3v) is 4.06. The number of rotatable bonds is 2. The molecule has 2 atom stereocenters. The smallest absolute Gasteiger partial charge is 0.253 e.